The fourth-order valence-electron chi connectivity index (χ4n) is 9.63. The lowest BCUT2D eigenvalue weighted by atomic mass is 9.83. The highest BCUT2D eigenvalue weighted by molar-refractivity contribution is 6.34. The van der Waals surface area contributed by atoms with E-state index in [1.807, 2.05) is 0 Å². The molecule has 0 saturated carbocycles. The summed E-state index contributed by atoms with van der Waals surface area (Å²) in [6.45, 7) is 4.54. The van der Waals surface area contributed by atoms with Crippen LogP contribution < -0.4 is 0 Å². The summed E-state index contributed by atoms with van der Waals surface area (Å²) in [5, 5.41) is 18.2. The molecule has 0 heteroatoms. The van der Waals surface area contributed by atoms with Crippen LogP contribution in [0.25, 0.3) is 109 Å². The Labute approximate surface area is 320 Å². The molecule has 0 saturated heterocycles. The molecule has 0 aliphatic rings. The maximum Gasteiger partial charge on any atom is -0.00201 e. The minimum atomic E-state index is 1.00. The van der Waals surface area contributed by atoms with Gasteiger partial charge in [-0.3, -0.25) is 0 Å². The Morgan fingerprint density at radius 1 is 0.418 bits per heavy atom. The normalized spacial score (nSPS) is 12.4. The lowest BCUT2D eigenvalue weighted by molar-refractivity contribution is 1.13. The van der Waals surface area contributed by atoms with Gasteiger partial charge < -0.3 is 0 Å². The van der Waals surface area contributed by atoms with Gasteiger partial charge in [0.05, 0.1) is 0 Å². The van der Waals surface area contributed by atoms with Crippen LogP contribution in [0.4, 0.5) is 0 Å². The first-order valence-electron chi connectivity index (χ1n) is 19.5. The number of hydrogen-bond acceptors (Lipinski definition) is 0. The van der Waals surface area contributed by atoms with Gasteiger partial charge in [-0.2, -0.15) is 0 Å². The number of rotatable bonds is 5. The highest BCUT2D eigenvalue weighted by Gasteiger charge is 2.20. The molecule has 0 aliphatic carbocycles. The number of hydrogen-bond donors (Lipinski definition) is 0. The third-order valence-electron chi connectivity index (χ3n) is 12.1. The fourth-order valence-corrected chi connectivity index (χ4v) is 9.63. The van der Waals surface area contributed by atoms with E-state index < -0.39 is 0 Å². The van der Waals surface area contributed by atoms with Crippen LogP contribution in [0.5, 0.6) is 0 Å². The smallest absolute Gasteiger partial charge is 0.00201 e. The summed E-state index contributed by atoms with van der Waals surface area (Å²) in [4.78, 5) is 0. The maximum atomic E-state index is 2.48. The van der Waals surface area contributed by atoms with Gasteiger partial charge in [0.15, 0.2) is 0 Å². The van der Waals surface area contributed by atoms with Gasteiger partial charge in [0.2, 0.25) is 0 Å². The highest BCUT2D eigenvalue weighted by Crippen LogP contribution is 2.47. The van der Waals surface area contributed by atoms with Crippen molar-refractivity contribution in [2.24, 2.45) is 0 Å². The summed E-state index contributed by atoms with van der Waals surface area (Å²) >= 11 is 0. The zero-order valence-electron chi connectivity index (χ0n) is 31.0. The van der Waals surface area contributed by atoms with Crippen molar-refractivity contribution < 1.29 is 0 Å². The van der Waals surface area contributed by atoms with Gasteiger partial charge in [-0.15, -0.1) is 0 Å². The van der Waals surface area contributed by atoms with E-state index in [2.05, 4.69) is 196 Å². The first-order valence-corrected chi connectivity index (χ1v) is 19.5. The van der Waals surface area contributed by atoms with Gasteiger partial charge in [0.1, 0.15) is 0 Å². The average Bonchev–Trinajstić information content (AvgIpc) is 3.24. The Kier molecular flexibility index (Phi) is 7.16. The number of benzene rings is 11. The zero-order valence-corrected chi connectivity index (χ0v) is 31.0. The second kappa shape index (κ2) is 12.4. The van der Waals surface area contributed by atoms with Crippen molar-refractivity contribution in [3.05, 3.63) is 193 Å². The molecular weight excluding hydrogens is 661 g/mol. The van der Waals surface area contributed by atoms with E-state index in [0.717, 1.165) is 6.42 Å². The van der Waals surface area contributed by atoms with E-state index in [9.17, 15) is 0 Å². The number of allylic oxidation sites excluding steroid dienone is 1. The van der Waals surface area contributed by atoms with Crippen LogP contribution in [0.3, 0.4) is 0 Å². The molecule has 258 valence electrons. The summed E-state index contributed by atoms with van der Waals surface area (Å²) in [6, 6.07) is 65.8. The van der Waals surface area contributed by atoms with Gasteiger partial charge in [-0.25, -0.2) is 0 Å². The van der Waals surface area contributed by atoms with Crippen molar-refractivity contribution in [2.45, 2.75) is 20.3 Å². The van der Waals surface area contributed by atoms with Gasteiger partial charge in [0.25, 0.3) is 0 Å². The average molecular weight is 699 g/mol. The molecule has 0 radical (unpaired) electrons. The van der Waals surface area contributed by atoms with E-state index in [4.69, 9.17) is 0 Å². The van der Waals surface area contributed by atoms with Crippen LogP contribution in [-0.2, 0) is 6.42 Å². The maximum absolute atomic E-state index is 2.48. The van der Waals surface area contributed by atoms with E-state index in [-0.39, 0.29) is 0 Å². The van der Waals surface area contributed by atoms with Crippen molar-refractivity contribution in [3.63, 3.8) is 0 Å². The molecule has 0 unspecified atom stereocenters. The fraction of sp³-hybridized carbons (Fsp3) is 0.0545. The van der Waals surface area contributed by atoms with Gasteiger partial charge in [-0.1, -0.05) is 177 Å². The van der Waals surface area contributed by atoms with Crippen molar-refractivity contribution in [2.75, 3.05) is 0 Å². The molecule has 0 heterocycles. The molecule has 0 amide bonds. The number of aryl methyl sites for hydroxylation is 1. The number of fused-ring (bicyclic) bond motifs is 5. The van der Waals surface area contributed by atoms with Crippen LogP contribution in [0.15, 0.2) is 176 Å². The molecule has 11 rings (SSSR count). The molecule has 0 N–H and O–H groups in total. The highest BCUT2D eigenvalue weighted by atomic mass is 14.2. The van der Waals surface area contributed by atoms with Crippen LogP contribution in [0.1, 0.15) is 30.5 Å². The Balaban J connectivity index is 1.23. The lowest BCUT2D eigenvalue weighted by Gasteiger charge is -2.20. The van der Waals surface area contributed by atoms with E-state index in [0.29, 0.717) is 0 Å². The molecule has 0 bridgehead atoms. The monoisotopic (exact) mass is 698 g/mol. The molecule has 11 aromatic carbocycles. The molecule has 0 aromatic heterocycles. The van der Waals surface area contributed by atoms with Gasteiger partial charge in [0, 0.05) is 0 Å². The topological polar surface area (TPSA) is 0 Å². The molecule has 0 fully saturated rings. The second-order valence-corrected chi connectivity index (χ2v) is 15.1. The van der Waals surface area contributed by atoms with E-state index >= 15 is 0 Å². The quantitative estimate of drug-likeness (QED) is 0.0953. The molecule has 11 aromatic rings. The molecule has 0 nitrogen and oxygen atoms in total. The summed E-state index contributed by atoms with van der Waals surface area (Å²) in [5.74, 6) is 0. The Morgan fingerprint density at radius 3 is 1.82 bits per heavy atom. The third-order valence-corrected chi connectivity index (χ3v) is 12.1. The summed E-state index contributed by atoms with van der Waals surface area (Å²) < 4.78 is 0. The molecule has 0 spiro atoms. The lowest BCUT2D eigenvalue weighted by Crippen LogP contribution is -1.94. The van der Waals surface area contributed by atoms with Crippen LogP contribution in [0.2, 0.25) is 0 Å². The van der Waals surface area contributed by atoms with Crippen molar-refractivity contribution in [1.82, 2.24) is 0 Å². The van der Waals surface area contributed by atoms with Crippen LogP contribution in [0, 0.1) is 0 Å². The third kappa shape index (κ3) is 4.85. The summed E-state index contributed by atoms with van der Waals surface area (Å²) in [7, 11) is 0. The summed E-state index contributed by atoms with van der Waals surface area (Å²) in [5.41, 5.74) is 10.2. The Hall–Kier alpha value is -6.76. The Bertz CT molecular complexity index is 3310. The largest absolute Gasteiger partial charge is 0.0620 e. The standard InChI is InChI=1S/C55H38/c1-3-35-13-4-6-15-38(35)31-34(2)52-44-19-8-9-20-45(44)54(41-26-25-36-14-5-7-16-39(36)32-41)51-33-40(27-28-50(51)52)42-29-30-49-47-22-11-18-37-17-10-21-46(53(37)47)48-24-12-23-43(42)55(48)49/h4-33H,3H2,1-2H3/b34-31+. The zero-order chi connectivity index (χ0) is 36.6. The molecule has 55 heavy (non-hydrogen) atoms. The Morgan fingerprint density at radius 2 is 1.00 bits per heavy atom. The van der Waals surface area contributed by atoms with Gasteiger partial charge in [-0.05, 0) is 145 Å². The van der Waals surface area contributed by atoms with Crippen molar-refractivity contribution in [1.29, 1.82) is 0 Å². The minimum Gasteiger partial charge on any atom is -0.0620 e. The van der Waals surface area contributed by atoms with Crippen molar-refractivity contribution >= 4 is 87.1 Å². The van der Waals surface area contributed by atoms with Gasteiger partial charge >= 0.3 is 0 Å². The predicted octanol–water partition coefficient (Wildman–Crippen LogP) is 15.7. The van der Waals surface area contributed by atoms with Crippen molar-refractivity contribution in [3.8, 4) is 22.3 Å². The van der Waals surface area contributed by atoms with E-state index in [1.54, 1.807) is 0 Å². The molecular formula is C55H38. The molecule has 0 aliphatic heterocycles. The second-order valence-electron chi connectivity index (χ2n) is 15.1. The SMILES string of the molecule is CCc1ccccc1/C=C(\C)c1c2ccccc2c(-c2ccc3ccccc3c2)c2cc(-c3ccc4c5cccc6cccc(c7cccc3c74)c65)ccc12. The first-order chi connectivity index (χ1) is 27.2. The summed E-state index contributed by atoms with van der Waals surface area (Å²) in [6.07, 6.45) is 3.40. The van der Waals surface area contributed by atoms with Crippen LogP contribution >= 0.6 is 0 Å². The first kappa shape index (κ1) is 31.7. The molecule has 0 atom stereocenters. The van der Waals surface area contributed by atoms with E-state index in [1.165, 1.54) is 120 Å². The predicted molar refractivity (Wildman–Crippen MR) is 240 cm³/mol. The van der Waals surface area contributed by atoms with Crippen LogP contribution in [-0.4, -0.2) is 0 Å². The minimum absolute atomic E-state index is 1.00.